The molecule has 10 aromatic rings. The van der Waals surface area contributed by atoms with Gasteiger partial charge >= 0.3 is 0 Å². The standard InChI is InChI=1S/C53H35N/c1-31-34-13-4-5-14-36(34)41-21-12-20-35(50(31)41)32-23-25-33(26-24-32)54-48-28-27-43-39-17-7-6-15-37(39)38-16-8-9-19-42(38)51(43)52(48)45-29-44-40-18-10-11-22-46(40)53(2,3)47(44)30-49(45)54/h4-30H,1H2,2-3H3. The molecular weight excluding hydrogens is 651 g/mol. The minimum atomic E-state index is -0.107. The van der Waals surface area contributed by atoms with E-state index in [0.717, 1.165) is 11.3 Å². The third-order valence-electron chi connectivity index (χ3n) is 12.7. The zero-order valence-electron chi connectivity index (χ0n) is 30.2. The fourth-order valence-electron chi connectivity index (χ4n) is 10.2. The highest BCUT2D eigenvalue weighted by Crippen LogP contribution is 2.53. The maximum atomic E-state index is 4.57. The molecule has 1 aromatic heterocycles. The molecule has 12 rings (SSSR count). The minimum Gasteiger partial charge on any atom is -0.309 e. The Balaban J connectivity index is 1.16. The van der Waals surface area contributed by atoms with E-state index in [1.54, 1.807) is 0 Å². The molecule has 0 spiro atoms. The molecule has 0 radical (unpaired) electrons. The van der Waals surface area contributed by atoms with Crippen molar-refractivity contribution in [1.29, 1.82) is 0 Å². The van der Waals surface area contributed by atoms with Gasteiger partial charge in [-0.1, -0.05) is 154 Å². The molecule has 0 unspecified atom stereocenters. The molecule has 1 heteroatoms. The van der Waals surface area contributed by atoms with Crippen molar-refractivity contribution >= 4 is 59.7 Å². The van der Waals surface area contributed by atoms with Crippen molar-refractivity contribution in [2.45, 2.75) is 19.3 Å². The molecule has 0 amide bonds. The van der Waals surface area contributed by atoms with Crippen LogP contribution in [0.2, 0.25) is 0 Å². The monoisotopic (exact) mass is 685 g/mol. The van der Waals surface area contributed by atoms with Crippen molar-refractivity contribution in [1.82, 2.24) is 4.57 Å². The van der Waals surface area contributed by atoms with Gasteiger partial charge in [0.2, 0.25) is 0 Å². The molecular formula is C53H35N. The molecule has 0 N–H and O–H groups in total. The van der Waals surface area contributed by atoms with Crippen LogP contribution in [-0.2, 0) is 5.41 Å². The lowest BCUT2D eigenvalue weighted by atomic mass is 9.82. The van der Waals surface area contributed by atoms with Gasteiger partial charge in [0.25, 0.3) is 0 Å². The lowest BCUT2D eigenvalue weighted by Crippen LogP contribution is -2.14. The normalized spacial score (nSPS) is 13.9. The van der Waals surface area contributed by atoms with E-state index in [4.69, 9.17) is 0 Å². The highest BCUT2D eigenvalue weighted by Gasteiger charge is 2.36. The Kier molecular flexibility index (Phi) is 5.78. The van der Waals surface area contributed by atoms with E-state index in [-0.39, 0.29) is 5.41 Å². The first-order valence-corrected chi connectivity index (χ1v) is 19.0. The number of benzene rings is 9. The van der Waals surface area contributed by atoms with Crippen molar-refractivity contribution in [2.24, 2.45) is 0 Å². The molecule has 0 atom stereocenters. The number of hydrogen-bond donors (Lipinski definition) is 0. The Morgan fingerprint density at radius 3 is 1.76 bits per heavy atom. The van der Waals surface area contributed by atoms with E-state index < -0.39 is 0 Å². The summed E-state index contributed by atoms with van der Waals surface area (Å²) in [7, 11) is 0. The zero-order chi connectivity index (χ0) is 35.9. The van der Waals surface area contributed by atoms with E-state index in [0.29, 0.717) is 0 Å². The molecule has 1 heterocycles. The van der Waals surface area contributed by atoms with Crippen molar-refractivity contribution in [3.05, 3.63) is 193 Å². The fourth-order valence-corrected chi connectivity index (χ4v) is 10.2. The lowest BCUT2D eigenvalue weighted by molar-refractivity contribution is 0.661. The first-order valence-electron chi connectivity index (χ1n) is 19.0. The highest BCUT2D eigenvalue weighted by atomic mass is 15.0. The predicted molar refractivity (Wildman–Crippen MR) is 230 cm³/mol. The third-order valence-corrected chi connectivity index (χ3v) is 12.7. The maximum absolute atomic E-state index is 4.57. The van der Waals surface area contributed by atoms with Crippen LogP contribution in [0.15, 0.2) is 170 Å². The van der Waals surface area contributed by atoms with Crippen molar-refractivity contribution in [3.8, 4) is 39.1 Å². The average molecular weight is 686 g/mol. The second kappa shape index (κ2) is 10.5. The van der Waals surface area contributed by atoms with Crippen LogP contribution in [-0.4, -0.2) is 4.57 Å². The summed E-state index contributed by atoms with van der Waals surface area (Å²) in [5, 5.41) is 10.4. The molecule has 1 nitrogen and oxygen atoms in total. The minimum absolute atomic E-state index is 0.107. The summed E-state index contributed by atoms with van der Waals surface area (Å²) in [6, 6.07) is 61.1. The van der Waals surface area contributed by atoms with Gasteiger partial charge in [0.05, 0.1) is 11.0 Å². The van der Waals surface area contributed by atoms with Crippen LogP contribution < -0.4 is 0 Å². The summed E-state index contributed by atoms with van der Waals surface area (Å²) in [4.78, 5) is 0. The molecule has 0 saturated carbocycles. The van der Waals surface area contributed by atoms with Crippen LogP contribution in [0, 0.1) is 0 Å². The number of rotatable bonds is 2. The summed E-state index contributed by atoms with van der Waals surface area (Å²) in [6.45, 7) is 9.33. The predicted octanol–water partition coefficient (Wildman–Crippen LogP) is 14.3. The second-order valence-corrected chi connectivity index (χ2v) is 15.7. The van der Waals surface area contributed by atoms with Gasteiger partial charge in [-0.25, -0.2) is 0 Å². The van der Waals surface area contributed by atoms with Gasteiger partial charge in [-0.2, -0.15) is 0 Å². The maximum Gasteiger partial charge on any atom is 0.0547 e. The van der Waals surface area contributed by atoms with E-state index in [2.05, 4.69) is 189 Å². The first kappa shape index (κ1) is 29.8. The summed E-state index contributed by atoms with van der Waals surface area (Å²) in [5.74, 6) is 0. The smallest absolute Gasteiger partial charge is 0.0547 e. The summed E-state index contributed by atoms with van der Waals surface area (Å²) < 4.78 is 2.52. The molecule has 0 bridgehead atoms. The highest BCUT2D eigenvalue weighted by molar-refractivity contribution is 6.35. The molecule has 54 heavy (non-hydrogen) atoms. The van der Waals surface area contributed by atoms with Crippen molar-refractivity contribution in [2.75, 3.05) is 0 Å². The van der Waals surface area contributed by atoms with E-state index in [1.807, 2.05) is 0 Å². The van der Waals surface area contributed by atoms with Crippen molar-refractivity contribution < 1.29 is 0 Å². The van der Waals surface area contributed by atoms with Crippen LogP contribution in [0.5, 0.6) is 0 Å². The van der Waals surface area contributed by atoms with Gasteiger partial charge < -0.3 is 4.57 Å². The van der Waals surface area contributed by atoms with Crippen LogP contribution >= 0.6 is 0 Å². The van der Waals surface area contributed by atoms with Crippen LogP contribution in [0.1, 0.15) is 36.1 Å². The van der Waals surface area contributed by atoms with Gasteiger partial charge in [0.15, 0.2) is 0 Å². The van der Waals surface area contributed by atoms with E-state index in [1.165, 1.54) is 110 Å². The number of nitrogens with zero attached hydrogens (tertiary/aromatic N) is 1. The lowest BCUT2D eigenvalue weighted by Gasteiger charge is -2.21. The van der Waals surface area contributed by atoms with Gasteiger partial charge in [0.1, 0.15) is 0 Å². The topological polar surface area (TPSA) is 4.93 Å². The molecule has 2 aliphatic carbocycles. The molecule has 252 valence electrons. The Bertz CT molecular complexity index is 3260. The molecule has 9 aromatic carbocycles. The summed E-state index contributed by atoms with van der Waals surface area (Å²) in [5.41, 5.74) is 17.5. The summed E-state index contributed by atoms with van der Waals surface area (Å²) in [6.07, 6.45) is 0. The van der Waals surface area contributed by atoms with Crippen LogP contribution in [0.4, 0.5) is 0 Å². The van der Waals surface area contributed by atoms with Gasteiger partial charge in [0, 0.05) is 27.3 Å². The van der Waals surface area contributed by atoms with Gasteiger partial charge in [-0.15, -0.1) is 0 Å². The van der Waals surface area contributed by atoms with Crippen LogP contribution in [0.3, 0.4) is 0 Å². The molecule has 0 fully saturated rings. The van der Waals surface area contributed by atoms with E-state index in [9.17, 15) is 0 Å². The molecule has 0 saturated heterocycles. The van der Waals surface area contributed by atoms with E-state index >= 15 is 0 Å². The quantitative estimate of drug-likeness (QED) is 0.160. The third kappa shape index (κ3) is 3.73. The van der Waals surface area contributed by atoms with Gasteiger partial charge in [-0.05, 0) is 118 Å². The number of fused-ring (bicyclic) bond motifs is 16. The summed E-state index contributed by atoms with van der Waals surface area (Å²) >= 11 is 0. The zero-order valence-corrected chi connectivity index (χ0v) is 30.2. The Hall–Kier alpha value is -6.70. The number of aromatic nitrogens is 1. The molecule has 2 aliphatic rings. The van der Waals surface area contributed by atoms with Crippen LogP contribution in [0.25, 0.3) is 98.8 Å². The molecule has 0 aliphatic heterocycles. The second-order valence-electron chi connectivity index (χ2n) is 15.7. The largest absolute Gasteiger partial charge is 0.309 e. The first-order chi connectivity index (χ1) is 26.5. The number of hydrogen-bond acceptors (Lipinski definition) is 0. The average Bonchev–Trinajstić information content (AvgIpc) is 3.79. The van der Waals surface area contributed by atoms with Gasteiger partial charge in [-0.3, -0.25) is 0 Å². The Morgan fingerprint density at radius 1 is 0.407 bits per heavy atom. The SMILES string of the molecule is C=C1c2ccccc2-c2cccc(-c3ccc(-n4c5cc6c(cc5c5c7c8ccccc8c8ccccc8c7ccc54)-c4ccccc4C6(C)C)cc3)c21. The Labute approximate surface area is 314 Å². The fraction of sp³-hybridized carbons (Fsp3) is 0.0566. The van der Waals surface area contributed by atoms with Crippen molar-refractivity contribution in [3.63, 3.8) is 0 Å². The Morgan fingerprint density at radius 2 is 1.00 bits per heavy atom.